The van der Waals surface area contributed by atoms with Crippen molar-refractivity contribution < 1.29 is 22.5 Å². The average Bonchev–Trinajstić information content (AvgIpc) is 2.57. The minimum absolute atomic E-state index is 0.0412. The number of primary sulfonamides is 1. The van der Waals surface area contributed by atoms with Crippen LogP contribution in [0.5, 0.6) is 0 Å². The van der Waals surface area contributed by atoms with Crippen molar-refractivity contribution in [3.8, 4) is 0 Å². The number of hydrogen-bond acceptors (Lipinski definition) is 3. The van der Waals surface area contributed by atoms with Gasteiger partial charge in [-0.05, 0) is 43.3 Å². The third-order valence-corrected chi connectivity index (χ3v) is 5.38. The van der Waals surface area contributed by atoms with Gasteiger partial charge < -0.3 is 10.2 Å². The second-order valence-electron chi connectivity index (χ2n) is 6.00. The Hall–Kier alpha value is -2.00. The maximum Gasteiger partial charge on any atom is 0.282 e. The zero-order valence-electron chi connectivity index (χ0n) is 14.3. The van der Waals surface area contributed by atoms with E-state index in [1.165, 1.54) is 36.4 Å². The van der Waals surface area contributed by atoms with Gasteiger partial charge in [0.25, 0.3) is 5.91 Å². The summed E-state index contributed by atoms with van der Waals surface area (Å²) in [5.74, 6) is -0.707. The lowest BCUT2D eigenvalue weighted by Gasteiger charge is -2.22. The van der Waals surface area contributed by atoms with Crippen molar-refractivity contribution in [3.05, 3.63) is 58.9 Å². The van der Waals surface area contributed by atoms with Crippen LogP contribution in [-0.4, -0.2) is 27.4 Å². The van der Waals surface area contributed by atoms with Crippen LogP contribution in [0.15, 0.2) is 47.4 Å². The topological polar surface area (TPSA) is 93.7 Å². The van der Waals surface area contributed by atoms with Crippen molar-refractivity contribution in [3.63, 3.8) is 0 Å². The number of rotatable bonds is 6. The Labute approximate surface area is 156 Å². The molecule has 0 aliphatic rings. The molecule has 1 amide bonds. The zero-order chi connectivity index (χ0) is 19.5. The van der Waals surface area contributed by atoms with E-state index in [4.69, 9.17) is 16.7 Å². The maximum absolute atomic E-state index is 13.9. The monoisotopic (exact) mass is 400 g/mol. The molecule has 0 aliphatic carbocycles. The molecule has 4 N–H and O–H groups in total. The second-order valence-corrected chi connectivity index (χ2v) is 7.97. The van der Waals surface area contributed by atoms with E-state index in [2.05, 4.69) is 5.32 Å². The molecule has 0 saturated heterocycles. The van der Waals surface area contributed by atoms with Crippen molar-refractivity contribution in [2.24, 2.45) is 5.14 Å². The molecule has 2 rings (SSSR count). The van der Waals surface area contributed by atoms with Crippen LogP contribution < -0.4 is 15.4 Å². The molecule has 0 heterocycles. The third-order valence-electron chi connectivity index (χ3n) is 4.10. The molecule has 2 atom stereocenters. The van der Waals surface area contributed by atoms with Crippen molar-refractivity contribution >= 4 is 33.2 Å². The average molecular weight is 401 g/mol. The fraction of sp³-hybridized carbons (Fsp3) is 0.235. The Kier molecular flexibility index (Phi) is 6.35. The number of quaternary nitrogens is 1. The maximum atomic E-state index is 13.9. The number of halogens is 2. The lowest BCUT2D eigenvalue weighted by atomic mass is 10.1. The van der Waals surface area contributed by atoms with E-state index in [0.29, 0.717) is 16.3 Å². The van der Waals surface area contributed by atoms with Gasteiger partial charge in [0.1, 0.15) is 12.4 Å². The van der Waals surface area contributed by atoms with Crippen LogP contribution in [0.1, 0.15) is 12.5 Å². The summed E-state index contributed by atoms with van der Waals surface area (Å²) in [4.78, 5) is 13.1. The van der Waals surface area contributed by atoms with Gasteiger partial charge in [0, 0.05) is 5.69 Å². The Morgan fingerprint density at radius 3 is 2.42 bits per heavy atom. The summed E-state index contributed by atoms with van der Waals surface area (Å²) in [5.41, 5.74) is 0.787. The lowest BCUT2D eigenvalue weighted by molar-refractivity contribution is -0.908. The quantitative estimate of drug-likeness (QED) is 0.679. The summed E-state index contributed by atoms with van der Waals surface area (Å²) >= 11 is 6.03. The Morgan fingerprint density at radius 2 is 1.88 bits per heavy atom. The van der Waals surface area contributed by atoms with Crippen molar-refractivity contribution in [2.75, 3.05) is 12.4 Å². The number of nitrogens with one attached hydrogen (secondary N) is 2. The number of nitrogens with two attached hydrogens (primary N) is 1. The normalized spacial score (nSPS) is 13.9. The molecule has 2 aromatic rings. The van der Waals surface area contributed by atoms with E-state index < -0.39 is 21.9 Å². The number of carbonyl (C=O) groups excluding carboxylic acids is 1. The lowest BCUT2D eigenvalue weighted by Crippen LogP contribution is -3.12. The minimum Gasteiger partial charge on any atom is -0.323 e. The molecule has 1 unspecified atom stereocenters. The fourth-order valence-corrected chi connectivity index (χ4v) is 3.08. The first-order chi connectivity index (χ1) is 12.1. The summed E-state index contributed by atoms with van der Waals surface area (Å²) in [6.45, 7) is 1.95. The number of carbonyl (C=O) groups is 1. The summed E-state index contributed by atoms with van der Waals surface area (Å²) in [6, 6.07) is 9.48. The van der Waals surface area contributed by atoms with E-state index in [0.717, 1.165) is 4.90 Å². The molecule has 0 spiro atoms. The first-order valence-electron chi connectivity index (χ1n) is 7.78. The molecule has 140 valence electrons. The molecular formula is C17H20ClFN3O3S+. The van der Waals surface area contributed by atoms with E-state index in [9.17, 15) is 17.6 Å². The highest BCUT2D eigenvalue weighted by molar-refractivity contribution is 7.89. The van der Waals surface area contributed by atoms with Crippen molar-refractivity contribution in [2.45, 2.75) is 24.4 Å². The van der Waals surface area contributed by atoms with Crippen LogP contribution in [-0.2, 0) is 21.4 Å². The fourth-order valence-electron chi connectivity index (χ4n) is 2.34. The van der Waals surface area contributed by atoms with Gasteiger partial charge in [-0.3, -0.25) is 4.79 Å². The summed E-state index contributed by atoms with van der Waals surface area (Å²) in [7, 11) is -2.02. The van der Waals surface area contributed by atoms with Crippen LogP contribution in [0, 0.1) is 5.82 Å². The van der Waals surface area contributed by atoms with E-state index >= 15 is 0 Å². The number of hydrogen-bond donors (Lipinski definition) is 3. The molecule has 0 bridgehead atoms. The Morgan fingerprint density at radius 1 is 1.27 bits per heavy atom. The summed E-state index contributed by atoms with van der Waals surface area (Å²) in [5, 5.41) is 8.04. The van der Waals surface area contributed by atoms with E-state index in [1.807, 2.05) is 0 Å². The number of benzene rings is 2. The van der Waals surface area contributed by atoms with Gasteiger partial charge in [0.05, 0.1) is 22.5 Å². The molecule has 0 aromatic heterocycles. The number of anilines is 1. The highest BCUT2D eigenvalue weighted by Gasteiger charge is 2.24. The second kappa shape index (κ2) is 8.13. The minimum atomic E-state index is -3.79. The SMILES string of the molecule is C[C@H](C(=O)Nc1ccc(S(N)(=O)=O)cc1)[NH+](C)Cc1c(F)cccc1Cl. The van der Waals surface area contributed by atoms with Crippen LogP contribution in [0.25, 0.3) is 0 Å². The van der Waals surface area contributed by atoms with Gasteiger partial charge >= 0.3 is 0 Å². The Bertz CT molecular complexity index is 884. The molecular weight excluding hydrogens is 381 g/mol. The number of sulfonamides is 1. The van der Waals surface area contributed by atoms with E-state index in [1.54, 1.807) is 20.0 Å². The van der Waals surface area contributed by atoms with Crippen molar-refractivity contribution in [1.82, 2.24) is 0 Å². The zero-order valence-corrected chi connectivity index (χ0v) is 15.9. The van der Waals surface area contributed by atoms with Crippen LogP contribution in [0.3, 0.4) is 0 Å². The predicted molar refractivity (Wildman–Crippen MR) is 97.9 cm³/mol. The molecule has 0 aliphatic heterocycles. The predicted octanol–water partition coefficient (Wildman–Crippen LogP) is 1.17. The van der Waals surface area contributed by atoms with E-state index in [-0.39, 0.29) is 17.3 Å². The highest BCUT2D eigenvalue weighted by Crippen LogP contribution is 2.18. The van der Waals surface area contributed by atoms with Crippen LogP contribution in [0.2, 0.25) is 5.02 Å². The third kappa shape index (κ3) is 5.01. The molecule has 2 aromatic carbocycles. The van der Waals surface area contributed by atoms with Gasteiger partial charge in [0.15, 0.2) is 6.04 Å². The Balaban J connectivity index is 2.04. The smallest absolute Gasteiger partial charge is 0.282 e. The standard InChI is InChI=1S/C17H19ClFN3O3S/c1-11(22(2)10-14-15(18)4-3-5-16(14)19)17(23)21-12-6-8-13(9-7-12)26(20,24)25/h3-9,11H,10H2,1-2H3,(H,21,23)(H2,20,24,25)/p+1/t11-/m1/s1. The molecule has 6 nitrogen and oxygen atoms in total. The summed E-state index contributed by atoms with van der Waals surface area (Å²) < 4.78 is 36.4. The largest absolute Gasteiger partial charge is 0.323 e. The van der Waals surface area contributed by atoms with Gasteiger partial charge in [-0.2, -0.15) is 0 Å². The first-order valence-corrected chi connectivity index (χ1v) is 9.71. The first kappa shape index (κ1) is 20.3. The summed E-state index contributed by atoms with van der Waals surface area (Å²) in [6.07, 6.45) is 0. The van der Waals surface area contributed by atoms with Crippen LogP contribution in [0.4, 0.5) is 10.1 Å². The van der Waals surface area contributed by atoms with Crippen LogP contribution >= 0.6 is 11.6 Å². The molecule has 0 fully saturated rings. The van der Waals surface area contributed by atoms with Gasteiger partial charge in [-0.1, -0.05) is 17.7 Å². The van der Waals surface area contributed by atoms with Gasteiger partial charge in [-0.15, -0.1) is 0 Å². The highest BCUT2D eigenvalue weighted by atomic mass is 35.5. The van der Waals surface area contributed by atoms with Crippen molar-refractivity contribution in [1.29, 1.82) is 0 Å². The number of likely N-dealkylation sites (N-methyl/N-ethyl adjacent to an activating group) is 1. The molecule has 26 heavy (non-hydrogen) atoms. The van der Waals surface area contributed by atoms with Gasteiger partial charge in [0.2, 0.25) is 10.0 Å². The number of amides is 1. The molecule has 0 saturated carbocycles. The molecule has 0 radical (unpaired) electrons. The van der Waals surface area contributed by atoms with Gasteiger partial charge in [-0.25, -0.2) is 17.9 Å². The molecule has 9 heteroatoms.